The molecular formula is C30H44O5. The quantitative estimate of drug-likeness (QED) is 0.141. The Hall–Kier alpha value is -2.95. The van der Waals surface area contributed by atoms with E-state index in [4.69, 9.17) is 10.2 Å². The second-order valence-electron chi connectivity index (χ2n) is 9.09. The smallest absolute Gasteiger partial charge is 0.303 e. The maximum Gasteiger partial charge on any atom is 0.303 e. The maximum absolute atomic E-state index is 10.3. The number of phenolic OH excluding ortho intramolecular Hbond substituents is 3. The average molecular weight is 485 g/mol. The van der Waals surface area contributed by atoms with E-state index < -0.39 is 5.97 Å². The zero-order valence-electron chi connectivity index (χ0n) is 21.3. The Morgan fingerprint density at radius 2 is 1.03 bits per heavy atom. The molecule has 0 aliphatic carbocycles. The largest absolute Gasteiger partial charge is 0.508 e. The highest BCUT2D eigenvalue weighted by Gasteiger charge is 1.97. The highest BCUT2D eigenvalue weighted by Crippen LogP contribution is 2.22. The van der Waals surface area contributed by atoms with Gasteiger partial charge >= 0.3 is 5.97 Å². The van der Waals surface area contributed by atoms with Crippen molar-refractivity contribution in [3.63, 3.8) is 0 Å². The second kappa shape index (κ2) is 19.4. The predicted molar refractivity (Wildman–Crippen MR) is 145 cm³/mol. The molecule has 0 bridgehead atoms. The van der Waals surface area contributed by atoms with Gasteiger partial charge in [0, 0.05) is 12.5 Å². The van der Waals surface area contributed by atoms with Crippen LogP contribution in [0.15, 0.2) is 42.5 Å². The third kappa shape index (κ3) is 17.2. The molecule has 2 aromatic rings. The minimum absolute atomic E-state index is 0.0235. The van der Waals surface area contributed by atoms with Crippen LogP contribution in [0.5, 0.6) is 17.2 Å². The van der Waals surface area contributed by atoms with Crippen molar-refractivity contribution in [1.29, 1.82) is 0 Å². The number of hydrogen-bond donors (Lipinski definition) is 4. The van der Waals surface area contributed by atoms with Crippen molar-refractivity contribution in [3.8, 4) is 17.2 Å². The number of rotatable bonds is 16. The predicted octanol–water partition coefficient (Wildman–Crippen LogP) is 8.53. The van der Waals surface area contributed by atoms with Crippen LogP contribution >= 0.6 is 0 Å². The van der Waals surface area contributed by atoms with Crippen molar-refractivity contribution in [2.45, 2.75) is 96.8 Å². The summed E-state index contributed by atoms with van der Waals surface area (Å²) in [5.41, 5.74) is 1.63. The zero-order valence-corrected chi connectivity index (χ0v) is 21.3. The summed E-state index contributed by atoms with van der Waals surface area (Å²) in [6.45, 7) is 2.26. The summed E-state index contributed by atoms with van der Waals surface area (Å²) in [6, 6.07) is 11.1. The van der Waals surface area contributed by atoms with E-state index in [1.807, 2.05) is 6.08 Å². The van der Waals surface area contributed by atoms with Gasteiger partial charge in [0.25, 0.3) is 0 Å². The summed E-state index contributed by atoms with van der Waals surface area (Å²) in [7, 11) is 0. The third-order valence-corrected chi connectivity index (χ3v) is 5.78. The number of hydrogen-bond acceptors (Lipinski definition) is 4. The molecule has 2 aromatic carbocycles. The number of unbranched alkanes of at least 4 members (excludes halogenated alkanes) is 12. The molecule has 0 unspecified atom stereocenters. The fraction of sp³-hybridized carbons (Fsp3) is 0.500. The number of benzene rings is 2. The van der Waals surface area contributed by atoms with Crippen molar-refractivity contribution in [1.82, 2.24) is 0 Å². The second-order valence-corrected chi connectivity index (χ2v) is 9.09. The van der Waals surface area contributed by atoms with Crippen molar-refractivity contribution >= 4 is 18.1 Å². The lowest BCUT2D eigenvalue weighted by molar-refractivity contribution is -0.137. The minimum atomic E-state index is -0.655. The van der Waals surface area contributed by atoms with Gasteiger partial charge in [0.2, 0.25) is 0 Å². The lowest BCUT2D eigenvalue weighted by Crippen LogP contribution is -1.93. The molecule has 2 rings (SSSR count). The molecule has 5 heteroatoms. The number of phenols is 3. The third-order valence-electron chi connectivity index (χ3n) is 5.78. The van der Waals surface area contributed by atoms with Gasteiger partial charge in [-0.25, -0.2) is 0 Å². The summed E-state index contributed by atoms with van der Waals surface area (Å²) >= 11 is 0. The molecular weight excluding hydrogens is 440 g/mol. The Balaban J connectivity index is 0.000000350. The van der Waals surface area contributed by atoms with Crippen LogP contribution in [0.4, 0.5) is 0 Å². The van der Waals surface area contributed by atoms with Gasteiger partial charge in [-0.15, -0.1) is 0 Å². The summed E-state index contributed by atoms with van der Waals surface area (Å²) in [6.07, 6.45) is 20.9. The first-order valence-corrected chi connectivity index (χ1v) is 13.1. The van der Waals surface area contributed by atoms with Crippen LogP contribution < -0.4 is 0 Å². The molecule has 0 saturated heterocycles. The molecule has 0 radical (unpaired) electrons. The normalized spacial score (nSPS) is 10.8. The van der Waals surface area contributed by atoms with E-state index in [0.717, 1.165) is 18.4 Å². The van der Waals surface area contributed by atoms with Crippen LogP contribution in [-0.4, -0.2) is 26.4 Å². The van der Waals surface area contributed by atoms with Gasteiger partial charge in [0.1, 0.15) is 17.2 Å². The molecule has 5 nitrogen and oxygen atoms in total. The van der Waals surface area contributed by atoms with E-state index in [2.05, 4.69) is 6.92 Å². The molecule has 0 aromatic heterocycles. The lowest BCUT2D eigenvalue weighted by Gasteiger charge is -2.02. The zero-order chi connectivity index (χ0) is 25.7. The first kappa shape index (κ1) is 30.1. The number of carbonyl (C=O) groups is 1. The van der Waals surface area contributed by atoms with Crippen molar-refractivity contribution in [2.24, 2.45) is 0 Å². The fourth-order valence-electron chi connectivity index (χ4n) is 3.79. The Bertz CT molecular complexity index is 822. The Labute approximate surface area is 211 Å². The standard InChI is InChI=1S/C16H32O2.C14H12O3/c1-2-3-4-5-6-7-8-9-10-11-12-13-14-15-16(17)18;15-12-5-3-10(4-6-12)1-2-11-7-13(16)9-14(17)8-11/h2-15H2,1H3,(H,17,18);1-9,15-17H/b;2-1+. The van der Waals surface area contributed by atoms with Gasteiger partial charge < -0.3 is 20.4 Å². The number of aliphatic carboxylic acids is 1. The molecule has 0 aliphatic rings. The monoisotopic (exact) mass is 484 g/mol. The molecule has 0 spiro atoms. The Kier molecular flexibility index (Phi) is 16.6. The van der Waals surface area contributed by atoms with E-state index in [1.165, 1.54) is 76.7 Å². The first-order valence-electron chi connectivity index (χ1n) is 13.1. The van der Waals surface area contributed by atoms with Crippen molar-refractivity contribution < 1.29 is 25.2 Å². The van der Waals surface area contributed by atoms with Crippen molar-refractivity contribution in [2.75, 3.05) is 0 Å². The molecule has 194 valence electrons. The molecule has 4 N–H and O–H groups in total. The van der Waals surface area contributed by atoms with Gasteiger partial charge in [0.15, 0.2) is 0 Å². The van der Waals surface area contributed by atoms with Crippen LogP contribution in [0.2, 0.25) is 0 Å². The van der Waals surface area contributed by atoms with E-state index in [1.54, 1.807) is 42.5 Å². The van der Waals surface area contributed by atoms with Gasteiger partial charge in [0.05, 0.1) is 0 Å². The maximum atomic E-state index is 10.3. The van der Waals surface area contributed by atoms with Crippen LogP contribution in [-0.2, 0) is 4.79 Å². The summed E-state index contributed by atoms with van der Waals surface area (Å²) in [4.78, 5) is 10.3. The highest BCUT2D eigenvalue weighted by molar-refractivity contribution is 5.71. The summed E-state index contributed by atoms with van der Waals surface area (Å²) in [5, 5.41) is 36.2. The molecule has 0 saturated carbocycles. The van der Waals surface area contributed by atoms with Gasteiger partial charge in [-0.2, -0.15) is 0 Å². The fourth-order valence-corrected chi connectivity index (χ4v) is 3.79. The highest BCUT2D eigenvalue weighted by atomic mass is 16.4. The first-order chi connectivity index (χ1) is 16.9. The Morgan fingerprint density at radius 1 is 0.600 bits per heavy atom. The van der Waals surface area contributed by atoms with E-state index in [-0.39, 0.29) is 17.2 Å². The van der Waals surface area contributed by atoms with Gasteiger partial charge in [-0.3, -0.25) is 4.79 Å². The topological polar surface area (TPSA) is 98.0 Å². The average Bonchev–Trinajstić information content (AvgIpc) is 2.81. The molecule has 0 fully saturated rings. The van der Waals surface area contributed by atoms with Crippen molar-refractivity contribution in [3.05, 3.63) is 53.6 Å². The summed E-state index contributed by atoms with van der Waals surface area (Å²) in [5.74, 6) is -0.388. The lowest BCUT2D eigenvalue weighted by atomic mass is 10.0. The van der Waals surface area contributed by atoms with Crippen LogP contribution in [0.25, 0.3) is 12.2 Å². The van der Waals surface area contributed by atoms with Crippen LogP contribution in [0.3, 0.4) is 0 Å². The molecule has 0 aliphatic heterocycles. The van der Waals surface area contributed by atoms with Crippen LogP contribution in [0.1, 0.15) is 108 Å². The van der Waals surface area contributed by atoms with E-state index >= 15 is 0 Å². The van der Waals surface area contributed by atoms with Gasteiger partial charge in [-0.1, -0.05) is 108 Å². The number of aromatic hydroxyl groups is 3. The minimum Gasteiger partial charge on any atom is -0.508 e. The van der Waals surface area contributed by atoms with E-state index in [9.17, 15) is 15.0 Å². The molecule has 35 heavy (non-hydrogen) atoms. The summed E-state index contributed by atoms with van der Waals surface area (Å²) < 4.78 is 0. The number of carboxylic acids is 1. The molecule has 0 heterocycles. The molecule has 0 atom stereocenters. The van der Waals surface area contributed by atoms with Crippen LogP contribution in [0, 0.1) is 0 Å². The number of carboxylic acid groups (broad SMARTS) is 1. The van der Waals surface area contributed by atoms with E-state index in [0.29, 0.717) is 12.0 Å². The SMILES string of the molecule is CCCCCCCCCCCCCCCC(=O)O.Oc1ccc(/C=C/c2cc(O)cc(O)c2)cc1. The molecule has 0 amide bonds. The Morgan fingerprint density at radius 3 is 1.49 bits per heavy atom. The van der Waals surface area contributed by atoms with Gasteiger partial charge in [-0.05, 0) is 41.8 Å².